The van der Waals surface area contributed by atoms with Crippen LogP contribution < -0.4 is 21.9 Å². The average molecular weight is 340 g/mol. The smallest absolute Gasteiger partial charge is 0.262 e. The number of imide groups is 1. The summed E-state index contributed by atoms with van der Waals surface area (Å²) in [6.45, 7) is 4.01. The van der Waals surface area contributed by atoms with Crippen LogP contribution in [0.1, 0.15) is 43.6 Å². The van der Waals surface area contributed by atoms with Gasteiger partial charge in [0.05, 0.1) is 16.8 Å². The van der Waals surface area contributed by atoms with E-state index in [1.807, 2.05) is 0 Å². The molecule has 3 rings (SSSR count). The molecule has 0 fully saturated rings. The third-order valence-corrected chi connectivity index (χ3v) is 4.00. The number of nitrogens with zero attached hydrogens (tertiary/aromatic N) is 1. The number of benzene rings is 1. The Bertz CT molecular complexity index is 991. The molecule has 0 saturated carbocycles. The Morgan fingerprint density at radius 3 is 2.60 bits per heavy atom. The van der Waals surface area contributed by atoms with Gasteiger partial charge in [-0.05, 0) is 31.5 Å². The van der Waals surface area contributed by atoms with Gasteiger partial charge in [0.15, 0.2) is 0 Å². The van der Waals surface area contributed by atoms with Gasteiger partial charge in [-0.15, -0.1) is 0 Å². The SMILES string of the molecule is CCNC(=O)c1ccc(C)c(-n2c(N)c3c(cc2=O)C(=O)NC3=O)c1. The fourth-order valence-corrected chi connectivity index (χ4v) is 2.78. The number of rotatable bonds is 3. The lowest BCUT2D eigenvalue weighted by Gasteiger charge is -2.15. The number of nitrogens with two attached hydrogens (primary N) is 1. The molecule has 1 aliphatic rings. The van der Waals surface area contributed by atoms with Crippen molar-refractivity contribution in [3.63, 3.8) is 0 Å². The molecule has 8 heteroatoms. The second kappa shape index (κ2) is 5.90. The largest absolute Gasteiger partial charge is 0.384 e. The van der Waals surface area contributed by atoms with Crippen molar-refractivity contribution in [1.82, 2.24) is 15.2 Å². The van der Waals surface area contributed by atoms with Crippen LogP contribution in [0.2, 0.25) is 0 Å². The van der Waals surface area contributed by atoms with Crippen LogP contribution in [0.5, 0.6) is 0 Å². The van der Waals surface area contributed by atoms with E-state index in [4.69, 9.17) is 5.73 Å². The van der Waals surface area contributed by atoms with Crippen molar-refractivity contribution in [3.8, 4) is 5.69 Å². The number of hydrogen-bond acceptors (Lipinski definition) is 5. The monoisotopic (exact) mass is 340 g/mol. The van der Waals surface area contributed by atoms with E-state index in [2.05, 4.69) is 10.6 Å². The molecular formula is C17H16N4O4. The van der Waals surface area contributed by atoms with Crippen molar-refractivity contribution in [3.05, 3.63) is 56.9 Å². The van der Waals surface area contributed by atoms with Crippen LogP contribution in [0.15, 0.2) is 29.1 Å². The molecular weight excluding hydrogens is 324 g/mol. The third-order valence-electron chi connectivity index (χ3n) is 4.00. The molecule has 0 radical (unpaired) electrons. The summed E-state index contributed by atoms with van der Waals surface area (Å²) in [6, 6.07) is 5.92. The molecule has 1 aliphatic heterocycles. The Balaban J connectivity index is 2.25. The lowest BCUT2D eigenvalue weighted by atomic mass is 10.1. The Morgan fingerprint density at radius 1 is 1.20 bits per heavy atom. The summed E-state index contributed by atoms with van der Waals surface area (Å²) in [4.78, 5) is 48.2. The van der Waals surface area contributed by atoms with E-state index in [9.17, 15) is 19.2 Å². The van der Waals surface area contributed by atoms with Crippen molar-refractivity contribution in [2.75, 3.05) is 12.3 Å². The second-order valence-corrected chi connectivity index (χ2v) is 5.64. The highest BCUT2D eigenvalue weighted by Gasteiger charge is 2.32. The normalized spacial score (nSPS) is 12.7. The molecule has 0 atom stereocenters. The molecule has 0 unspecified atom stereocenters. The van der Waals surface area contributed by atoms with Crippen molar-refractivity contribution < 1.29 is 14.4 Å². The van der Waals surface area contributed by atoms with Gasteiger partial charge in [0, 0.05) is 18.2 Å². The zero-order valence-electron chi connectivity index (χ0n) is 13.7. The number of aromatic nitrogens is 1. The minimum absolute atomic E-state index is 0.0348. The molecule has 1 aromatic carbocycles. The summed E-state index contributed by atoms with van der Waals surface area (Å²) in [5.74, 6) is -1.72. The summed E-state index contributed by atoms with van der Waals surface area (Å²) in [6.07, 6.45) is 0. The van der Waals surface area contributed by atoms with Crippen LogP contribution in [0.3, 0.4) is 0 Å². The standard InChI is InChI=1S/C17H16N4O4/c1-3-19-15(23)9-5-4-8(2)11(6-9)21-12(22)7-10-13(14(21)18)17(25)20-16(10)24/h4-7H,3,18H2,1-2H3,(H,19,23)(H,20,24,25). The topological polar surface area (TPSA) is 123 Å². The number of aryl methyl sites for hydroxylation is 1. The average Bonchev–Trinajstić information content (AvgIpc) is 2.83. The zero-order valence-corrected chi connectivity index (χ0v) is 13.7. The maximum atomic E-state index is 12.5. The molecule has 0 saturated heterocycles. The quantitative estimate of drug-likeness (QED) is 0.696. The van der Waals surface area contributed by atoms with Gasteiger partial charge in [0.1, 0.15) is 5.82 Å². The molecule has 2 heterocycles. The molecule has 0 spiro atoms. The number of fused-ring (bicyclic) bond motifs is 1. The highest BCUT2D eigenvalue weighted by Crippen LogP contribution is 2.24. The van der Waals surface area contributed by atoms with Gasteiger partial charge >= 0.3 is 0 Å². The molecule has 3 amide bonds. The van der Waals surface area contributed by atoms with Crippen LogP contribution in [0.4, 0.5) is 5.82 Å². The summed E-state index contributed by atoms with van der Waals surface area (Å²) in [7, 11) is 0. The number of anilines is 1. The molecule has 1 aromatic heterocycles. The predicted octanol–water partition coefficient (Wildman–Crippen LogP) is 0.361. The minimum atomic E-state index is -0.649. The second-order valence-electron chi connectivity index (χ2n) is 5.64. The number of amides is 3. The maximum Gasteiger partial charge on any atom is 0.262 e. The van der Waals surface area contributed by atoms with Crippen molar-refractivity contribution in [2.24, 2.45) is 0 Å². The first-order chi connectivity index (χ1) is 11.8. The highest BCUT2D eigenvalue weighted by atomic mass is 16.2. The van der Waals surface area contributed by atoms with Gasteiger partial charge in [-0.3, -0.25) is 29.1 Å². The van der Waals surface area contributed by atoms with E-state index >= 15 is 0 Å². The Kier molecular flexibility index (Phi) is 3.88. The molecule has 128 valence electrons. The first-order valence-electron chi connectivity index (χ1n) is 7.65. The maximum absolute atomic E-state index is 12.5. The molecule has 2 aromatic rings. The lowest BCUT2D eigenvalue weighted by Crippen LogP contribution is -2.26. The van der Waals surface area contributed by atoms with Gasteiger partial charge in [0.25, 0.3) is 23.3 Å². The number of nitrogen functional groups attached to an aromatic ring is 1. The minimum Gasteiger partial charge on any atom is -0.384 e. The van der Waals surface area contributed by atoms with Crippen molar-refractivity contribution >= 4 is 23.5 Å². The van der Waals surface area contributed by atoms with E-state index < -0.39 is 17.4 Å². The number of carbonyl (C=O) groups is 3. The fourth-order valence-electron chi connectivity index (χ4n) is 2.78. The number of nitrogens with one attached hydrogen (secondary N) is 2. The Labute approximate surface area is 142 Å². The van der Waals surface area contributed by atoms with Gasteiger partial charge in [-0.25, -0.2) is 0 Å². The van der Waals surface area contributed by atoms with Crippen molar-refractivity contribution in [1.29, 1.82) is 0 Å². The van der Waals surface area contributed by atoms with E-state index in [0.717, 1.165) is 10.6 Å². The summed E-state index contributed by atoms with van der Waals surface area (Å²) >= 11 is 0. The highest BCUT2D eigenvalue weighted by molar-refractivity contribution is 6.23. The summed E-state index contributed by atoms with van der Waals surface area (Å²) < 4.78 is 1.13. The summed E-state index contributed by atoms with van der Waals surface area (Å²) in [5.41, 5.74) is 6.81. The van der Waals surface area contributed by atoms with Gasteiger partial charge in [-0.1, -0.05) is 6.07 Å². The van der Waals surface area contributed by atoms with Gasteiger partial charge in [0.2, 0.25) is 0 Å². The van der Waals surface area contributed by atoms with Crippen LogP contribution in [-0.4, -0.2) is 28.8 Å². The van der Waals surface area contributed by atoms with Crippen molar-refractivity contribution in [2.45, 2.75) is 13.8 Å². The third kappa shape index (κ3) is 2.57. The van der Waals surface area contributed by atoms with Gasteiger partial charge in [-0.2, -0.15) is 0 Å². The number of pyridine rings is 1. The Hall–Kier alpha value is -3.42. The Morgan fingerprint density at radius 2 is 1.92 bits per heavy atom. The van der Waals surface area contributed by atoms with Crippen LogP contribution in [0, 0.1) is 6.92 Å². The fraction of sp³-hybridized carbons (Fsp3) is 0.176. The molecule has 4 N–H and O–H groups in total. The number of hydrogen-bond donors (Lipinski definition) is 3. The van der Waals surface area contributed by atoms with Crippen LogP contribution in [-0.2, 0) is 0 Å². The number of carbonyl (C=O) groups excluding carboxylic acids is 3. The van der Waals surface area contributed by atoms with E-state index in [1.54, 1.807) is 26.0 Å². The molecule has 0 bridgehead atoms. The van der Waals surface area contributed by atoms with Crippen LogP contribution >= 0.6 is 0 Å². The van der Waals surface area contributed by atoms with E-state index in [0.29, 0.717) is 23.4 Å². The first kappa shape index (κ1) is 16.4. The van der Waals surface area contributed by atoms with Crippen LogP contribution in [0.25, 0.3) is 5.69 Å². The van der Waals surface area contributed by atoms with E-state index in [-0.39, 0.29) is 22.9 Å². The summed E-state index contributed by atoms with van der Waals surface area (Å²) in [5, 5.41) is 4.79. The molecule has 0 aliphatic carbocycles. The lowest BCUT2D eigenvalue weighted by molar-refractivity contribution is 0.0878. The van der Waals surface area contributed by atoms with Gasteiger partial charge < -0.3 is 11.1 Å². The first-order valence-corrected chi connectivity index (χ1v) is 7.65. The molecule has 25 heavy (non-hydrogen) atoms. The predicted molar refractivity (Wildman–Crippen MR) is 91.0 cm³/mol. The molecule has 8 nitrogen and oxygen atoms in total. The zero-order chi connectivity index (χ0) is 18.3. The van der Waals surface area contributed by atoms with E-state index in [1.165, 1.54) is 6.07 Å².